The molecule has 1 rings (SSSR count). The zero-order valence-electron chi connectivity index (χ0n) is 13.7. The van der Waals surface area contributed by atoms with Crippen LogP contribution in [0.15, 0.2) is 12.3 Å². The molecule has 0 aromatic rings. The fraction of sp³-hybridized carbons (Fsp3) is 0.857. The topological polar surface area (TPSA) is 61.8 Å². The first kappa shape index (κ1) is 20.2. The molecule has 0 saturated carbocycles. The van der Waals surface area contributed by atoms with E-state index in [2.05, 4.69) is 10.8 Å². The number of halogens is 3. The second-order valence-corrected chi connectivity index (χ2v) is 8.10. The van der Waals surface area contributed by atoms with Crippen LogP contribution >= 0.6 is 0 Å². The van der Waals surface area contributed by atoms with Gasteiger partial charge >= 0.3 is 15.6 Å². The van der Waals surface area contributed by atoms with Gasteiger partial charge in [-0.3, -0.25) is 0 Å². The Kier molecular flexibility index (Phi) is 5.81. The molecule has 1 fully saturated rings. The first-order valence-corrected chi connectivity index (χ1v) is 8.62. The molecule has 0 radical (unpaired) electrons. The van der Waals surface area contributed by atoms with Crippen LogP contribution in [0.4, 0.5) is 13.2 Å². The zero-order valence-corrected chi connectivity index (χ0v) is 14.5. The fourth-order valence-corrected chi connectivity index (χ4v) is 2.59. The van der Waals surface area contributed by atoms with E-state index in [0.29, 0.717) is 19.6 Å². The van der Waals surface area contributed by atoms with Crippen molar-refractivity contribution in [2.75, 3.05) is 13.2 Å². The van der Waals surface area contributed by atoms with E-state index in [1.54, 1.807) is 0 Å². The van der Waals surface area contributed by atoms with E-state index in [9.17, 15) is 21.6 Å². The van der Waals surface area contributed by atoms with E-state index >= 15 is 0 Å². The summed E-state index contributed by atoms with van der Waals surface area (Å²) in [4.78, 5) is 0. The highest BCUT2D eigenvalue weighted by molar-refractivity contribution is 7.87. The molecule has 1 aliphatic rings. The highest BCUT2D eigenvalue weighted by atomic mass is 32.2. The Balaban J connectivity index is 2.74. The number of hydrogen-bond donors (Lipinski definition) is 0. The smallest absolute Gasteiger partial charge is 0.381 e. The summed E-state index contributed by atoms with van der Waals surface area (Å²) in [5, 5.41) is 0. The molecule has 0 aromatic carbocycles. The monoisotopic (exact) mass is 360 g/mol. The summed E-state index contributed by atoms with van der Waals surface area (Å²) in [6, 6.07) is 0. The van der Waals surface area contributed by atoms with Crippen LogP contribution in [0.25, 0.3) is 0 Å². The van der Waals surface area contributed by atoms with Gasteiger partial charge in [-0.1, -0.05) is 34.3 Å². The van der Waals surface area contributed by atoms with Crippen molar-refractivity contribution in [2.45, 2.75) is 51.8 Å². The molecule has 1 aliphatic heterocycles. The lowest BCUT2D eigenvalue weighted by molar-refractivity contribution is -0.305. The Morgan fingerprint density at radius 3 is 2.17 bits per heavy atom. The van der Waals surface area contributed by atoms with Gasteiger partial charge in [0.1, 0.15) is 5.76 Å². The molecule has 136 valence electrons. The Morgan fingerprint density at radius 2 is 1.78 bits per heavy atom. The van der Waals surface area contributed by atoms with Crippen molar-refractivity contribution in [3.05, 3.63) is 12.3 Å². The standard InChI is InChI=1S/C14H23F3O5S/c1-6-13(20-8-12(4,5)9-21-13)7-10(2)11(3)22-23(18,19)14(15,16)17/h10H,3,6-9H2,1-2,4-5H3. The molecule has 9 heteroatoms. The summed E-state index contributed by atoms with van der Waals surface area (Å²) in [5.41, 5.74) is -5.64. The molecular weight excluding hydrogens is 337 g/mol. The lowest BCUT2D eigenvalue weighted by Gasteiger charge is -2.44. The van der Waals surface area contributed by atoms with E-state index in [1.807, 2.05) is 20.8 Å². The van der Waals surface area contributed by atoms with Crippen LogP contribution < -0.4 is 0 Å². The Morgan fingerprint density at radius 1 is 1.30 bits per heavy atom. The van der Waals surface area contributed by atoms with E-state index in [-0.39, 0.29) is 11.8 Å². The summed E-state index contributed by atoms with van der Waals surface area (Å²) in [7, 11) is -5.71. The molecule has 0 amide bonds. The summed E-state index contributed by atoms with van der Waals surface area (Å²) in [6.45, 7) is 11.4. The number of hydrogen-bond acceptors (Lipinski definition) is 5. The molecule has 23 heavy (non-hydrogen) atoms. The first-order chi connectivity index (χ1) is 10.2. The normalized spacial score (nSPS) is 22.4. The van der Waals surface area contributed by atoms with Crippen molar-refractivity contribution in [1.29, 1.82) is 0 Å². The SMILES string of the molecule is C=C(OS(=O)(=O)C(F)(F)F)C(C)CC1(CC)OCC(C)(C)CO1. The third kappa shape index (κ3) is 5.09. The average Bonchev–Trinajstić information content (AvgIpc) is 2.39. The van der Waals surface area contributed by atoms with Crippen LogP contribution in [-0.4, -0.2) is 32.9 Å². The number of alkyl halides is 3. The average molecular weight is 360 g/mol. The van der Waals surface area contributed by atoms with Gasteiger partial charge in [0.25, 0.3) is 0 Å². The highest BCUT2D eigenvalue weighted by Gasteiger charge is 2.49. The molecule has 0 spiro atoms. The maximum atomic E-state index is 12.3. The van der Waals surface area contributed by atoms with Crippen molar-refractivity contribution >= 4 is 10.1 Å². The Bertz CT molecular complexity index is 529. The Labute approximate surface area is 134 Å². The van der Waals surface area contributed by atoms with E-state index in [0.717, 1.165) is 0 Å². The molecule has 0 aromatic heterocycles. The molecule has 0 bridgehead atoms. The summed E-state index contributed by atoms with van der Waals surface area (Å²) >= 11 is 0. The summed E-state index contributed by atoms with van der Waals surface area (Å²) < 4.78 is 74.7. The van der Waals surface area contributed by atoms with Crippen LogP contribution in [0.3, 0.4) is 0 Å². The van der Waals surface area contributed by atoms with Gasteiger partial charge in [0, 0.05) is 17.8 Å². The second kappa shape index (κ2) is 6.60. The second-order valence-electron chi connectivity index (χ2n) is 6.56. The predicted octanol–water partition coefficient (Wildman–Crippen LogP) is 3.57. The first-order valence-electron chi connectivity index (χ1n) is 7.21. The minimum Gasteiger partial charge on any atom is -0.381 e. The molecule has 5 nitrogen and oxygen atoms in total. The molecule has 1 atom stereocenters. The number of ether oxygens (including phenoxy) is 2. The third-order valence-corrected chi connectivity index (χ3v) is 4.66. The van der Waals surface area contributed by atoms with Crippen LogP contribution in [0.5, 0.6) is 0 Å². The van der Waals surface area contributed by atoms with Gasteiger partial charge in [-0.25, -0.2) is 0 Å². The maximum Gasteiger partial charge on any atom is 0.534 e. The van der Waals surface area contributed by atoms with Gasteiger partial charge < -0.3 is 13.7 Å². The third-order valence-electron chi connectivity index (χ3n) is 3.66. The van der Waals surface area contributed by atoms with Crippen LogP contribution in [0.2, 0.25) is 0 Å². The zero-order chi connectivity index (χ0) is 18.1. The highest BCUT2D eigenvalue weighted by Crippen LogP contribution is 2.38. The van der Waals surface area contributed by atoms with Gasteiger partial charge in [-0.15, -0.1) is 0 Å². The lowest BCUT2D eigenvalue weighted by Crippen LogP contribution is -2.48. The molecule has 1 saturated heterocycles. The van der Waals surface area contributed by atoms with E-state index in [4.69, 9.17) is 9.47 Å². The maximum absolute atomic E-state index is 12.3. The summed E-state index contributed by atoms with van der Waals surface area (Å²) in [5.74, 6) is -2.18. The predicted molar refractivity (Wildman–Crippen MR) is 77.7 cm³/mol. The Hall–Kier alpha value is -0.800. The van der Waals surface area contributed by atoms with Crippen molar-refractivity contribution in [3.63, 3.8) is 0 Å². The quantitative estimate of drug-likeness (QED) is 0.412. The fourth-order valence-electron chi connectivity index (χ4n) is 2.05. The van der Waals surface area contributed by atoms with E-state index in [1.165, 1.54) is 6.92 Å². The molecular formula is C14H23F3O5S. The van der Waals surface area contributed by atoms with Crippen molar-refractivity contribution in [3.8, 4) is 0 Å². The lowest BCUT2D eigenvalue weighted by atomic mass is 9.91. The van der Waals surface area contributed by atoms with Crippen LogP contribution in [0, 0.1) is 11.3 Å². The number of allylic oxidation sites excluding steroid dienone is 1. The minimum atomic E-state index is -5.71. The molecule has 0 aliphatic carbocycles. The van der Waals surface area contributed by atoms with Crippen molar-refractivity contribution in [2.24, 2.45) is 11.3 Å². The number of rotatable bonds is 6. The molecule has 1 heterocycles. The van der Waals surface area contributed by atoms with Gasteiger partial charge in [0.2, 0.25) is 0 Å². The van der Waals surface area contributed by atoms with E-state index < -0.39 is 33.1 Å². The van der Waals surface area contributed by atoms with Crippen LogP contribution in [0.1, 0.15) is 40.5 Å². The van der Waals surface area contributed by atoms with Crippen molar-refractivity contribution < 1.29 is 35.2 Å². The summed E-state index contributed by atoms with van der Waals surface area (Å²) in [6.07, 6.45) is 0.610. The van der Waals surface area contributed by atoms with Gasteiger partial charge in [-0.05, 0) is 6.42 Å². The van der Waals surface area contributed by atoms with Crippen molar-refractivity contribution in [1.82, 2.24) is 0 Å². The largest absolute Gasteiger partial charge is 0.534 e. The van der Waals surface area contributed by atoms with Gasteiger partial charge in [0.05, 0.1) is 13.2 Å². The molecule has 0 N–H and O–H groups in total. The minimum absolute atomic E-state index is 0.145. The van der Waals surface area contributed by atoms with Gasteiger partial charge in [-0.2, -0.15) is 21.6 Å². The van der Waals surface area contributed by atoms with Gasteiger partial charge in [0.15, 0.2) is 5.79 Å². The molecule has 1 unspecified atom stereocenters. The van der Waals surface area contributed by atoms with Crippen LogP contribution in [-0.2, 0) is 23.8 Å².